The predicted octanol–water partition coefficient (Wildman–Crippen LogP) is 6.88. The van der Waals surface area contributed by atoms with Gasteiger partial charge in [-0.25, -0.2) is 0 Å². The lowest BCUT2D eigenvalue weighted by molar-refractivity contribution is 1.33. The first-order valence-corrected chi connectivity index (χ1v) is 8.79. The van der Waals surface area contributed by atoms with Gasteiger partial charge in [0.05, 0.1) is 0 Å². The van der Waals surface area contributed by atoms with Crippen LogP contribution in [0.15, 0.2) is 82.6 Å². The molecule has 0 amide bonds. The molecule has 0 aromatic heterocycles. The summed E-state index contributed by atoms with van der Waals surface area (Å²) in [5.41, 5.74) is 0. The Morgan fingerprint density at radius 3 is 1.58 bits per heavy atom. The summed E-state index contributed by atoms with van der Waals surface area (Å²) in [5.74, 6) is 0. The minimum absolute atomic E-state index is 0.914. The fourth-order valence-electron chi connectivity index (χ4n) is 3.49. The Hall–Kier alpha value is -2.16. The summed E-state index contributed by atoms with van der Waals surface area (Å²) in [4.78, 5) is 1.85. The van der Waals surface area contributed by atoms with Crippen LogP contribution in [-0.4, -0.2) is 0 Å². The first-order chi connectivity index (χ1) is 11.7. The van der Waals surface area contributed by atoms with Crippen molar-refractivity contribution in [1.82, 2.24) is 0 Å². The third kappa shape index (κ3) is 2.10. The molecule has 5 aromatic carbocycles. The number of thiol groups is 2. The van der Waals surface area contributed by atoms with E-state index in [4.69, 9.17) is 0 Å². The molecule has 0 heterocycles. The lowest BCUT2D eigenvalue weighted by atomic mass is 9.97. The van der Waals surface area contributed by atoms with E-state index in [9.17, 15) is 0 Å². The van der Waals surface area contributed by atoms with Gasteiger partial charge in [0.25, 0.3) is 0 Å². The van der Waals surface area contributed by atoms with Gasteiger partial charge < -0.3 is 0 Å². The molecule has 0 N–H and O–H groups in total. The average Bonchev–Trinajstić information content (AvgIpc) is 2.60. The van der Waals surface area contributed by atoms with E-state index in [0.717, 1.165) is 15.2 Å². The van der Waals surface area contributed by atoms with Gasteiger partial charge in [-0.1, -0.05) is 30.3 Å². The van der Waals surface area contributed by atoms with E-state index in [1.807, 2.05) is 6.07 Å². The van der Waals surface area contributed by atoms with Crippen LogP contribution in [0.2, 0.25) is 0 Å². The highest BCUT2D eigenvalue weighted by Crippen LogP contribution is 2.34. The van der Waals surface area contributed by atoms with Gasteiger partial charge in [0, 0.05) is 9.79 Å². The average molecular weight is 342 g/mol. The van der Waals surface area contributed by atoms with Crippen molar-refractivity contribution in [2.45, 2.75) is 9.79 Å². The molecule has 114 valence electrons. The molecule has 2 heteroatoms. The van der Waals surface area contributed by atoms with E-state index in [1.54, 1.807) is 0 Å². The van der Waals surface area contributed by atoms with Crippen molar-refractivity contribution in [1.29, 1.82) is 0 Å². The number of rotatable bonds is 0. The normalized spacial score (nSPS) is 11.8. The van der Waals surface area contributed by atoms with Crippen LogP contribution >= 0.6 is 25.3 Å². The first-order valence-electron chi connectivity index (χ1n) is 7.90. The third-order valence-corrected chi connectivity index (χ3v) is 5.78. The van der Waals surface area contributed by atoms with Crippen LogP contribution in [-0.2, 0) is 0 Å². The zero-order valence-corrected chi connectivity index (χ0v) is 14.6. The summed E-state index contributed by atoms with van der Waals surface area (Å²) in [6.45, 7) is 0. The zero-order chi connectivity index (χ0) is 16.3. The molecule has 0 spiro atoms. The molecular weight excluding hydrogens is 328 g/mol. The summed E-state index contributed by atoms with van der Waals surface area (Å²) in [5, 5.41) is 9.94. The molecule has 24 heavy (non-hydrogen) atoms. The molecule has 0 aliphatic heterocycles. The Bertz CT molecular complexity index is 1270. The SMILES string of the molecule is Sc1ccc2cc3cc4cc5ccccc5cc4cc3cc2c1S. The topological polar surface area (TPSA) is 0 Å². The molecule has 5 rings (SSSR count). The molecule has 5 aromatic rings. The second-order valence-corrected chi connectivity index (χ2v) is 7.18. The van der Waals surface area contributed by atoms with Gasteiger partial charge in [-0.2, -0.15) is 0 Å². The van der Waals surface area contributed by atoms with E-state index in [0.29, 0.717) is 0 Å². The monoisotopic (exact) mass is 342 g/mol. The largest absolute Gasteiger partial charge is 0.142 e. The van der Waals surface area contributed by atoms with Gasteiger partial charge in [0.1, 0.15) is 0 Å². The summed E-state index contributed by atoms with van der Waals surface area (Å²) in [6, 6.07) is 26.2. The van der Waals surface area contributed by atoms with Crippen LogP contribution in [0.1, 0.15) is 0 Å². The van der Waals surface area contributed by atoms with Crippen LogP contribution in [0.5, 0.6) is 0 Å². The molecule has 0 bridgehead atoms. The van der Waals surface area contributed by atoms with Crippen molar-refractivity contribution in [3.8, 4) is 0 Å². The molecule has 0 saturated heterocycles. The molecule has 0 nitrogen and oxygen atoms in total. The van der Waals surface area contributed by atoms with Gasteiger partial charge in [-0.3, -0.25) is 0 Å². The number of benzene rings is 5. The van der Waals surface area contributed by atoms with E-state index >= 15 is 0 Å². The minimum Gasteiger partial charge on any atom is -0.142 e. The second kappa shape index (κ2) is 5.17. The summed E-state index contributed by atoms with van der Waals surface area (Å²) >= 11 is 9.13. The fraction of sp³-hybridized carbons (Fsp3) is 0. The first kappa shape index (κ1) is 14.2. The van der Waals surface area contributed by atoms with E-state index in [1.165, 1.54) is 37.7 Å². The summed E-state index contributed by atoms with van der Waals surface area (Å²) in [7, 11) is 0. The summed E-state index contributed by atoms with van der Waals surface area (Å²) in [6.07, 6.45) is 0. The highest BCUT2D eigenvalue weighted by Gasteiger charge is 2.06. The lowest BCUT2D eigenvalue weighted by Crippen LogP contribution is -1.82. The Morgan fingerprint density at radius 2 is 0.958 bits per heavy atom. The van der Waals surface area contributed by atoms with Crippen LogP contribution < -0.4 is 0 Å². The fourth-order valence-corrected chi connectivity index (χ4v) is 3.95. The van der Waals surface area contributed by atoms with Gasteiger partial charge >= 0.3 is 0 Å². The van der Waals surface area contributed by atoms with Crippen molar-refractivity contribution in [2.24, 2.45) is 0 Å². The Kier molecular flexibility index (Phi) is 3.06. The molecule has 0 aliphatic rings. The van der Waals surface area contributed by atoms with E-state index < -0.39 is 0 Å². The zero-order valence-electron chi connectivity index (χ0n) is 12.8. The van der Waals surface area contributed by atoms with Crippen LogP contribution in [0, 0.1) is 0 Å². The van der Waals surface area contributed by atoms with E-state index in [-0.39, 0.29) is 0 Å². The maximum atomic E-state index is 4.63. The van der Waals surface area contributed by atoms with Gasteiger partial charge in [-0.05, 0) is 85.6 Å². The third-order valence-electron chi connectivity index (χ3n) is 4.75. The molecule has 0 saturated carbocycles. The Balaban J connectivity index is 1.91. The van der Waals surface area contributed by atoms with Gasteiger partial charge in [0.15, 0.2) is 0 Å². The van der Waals surface area contributed by atoms with Crippen LogP contribution in [0.25, 0.3) is 43.1 Å². The summed E-state index contributed by atoms with van der Waals surface area (Å²) < 4.78 is 0. The second-order valence-electron chi connectivity index (χ2n) is 6.25. The quantitative estimate of drug-likeness (QED) is 0.222. The lowest BCUT2D eigenvalue weighted by Gasteiger charge is -2.09. The van der Waals surface area contributed by atoms with Crippen molar-refractivity contribution in [2.75, 3.05) is 0 Å². The number of hydrogen-bond donors (Lipinski definition) is 2. The molecule has 0 fully saturated rings. The Labute approximate surface area is 150 Å². The predicted molar refractivity (Wildman–Crippen MR) is 111 cm³/mol. The van der Waals surface area contributed by atoms with Crippen LogP contribution in [0.4, 0.5) is 0 Å². The van der Waals surface area contributed by atoms with Gasteiger partial charge in [0.2, 0.25) is 0 Å². The molecular formula is C22H14S2. The smallest absolute Gasteiger partial charge is 0.0253 e. The Morgan fingerprint density at radius 1 is 0.458 bits per heavy atom. The number of fused-ring (bicyclic) bond motifs is 4. The molecule has 0 unspecified atom stereocenters. The van der Waals surface area contributed by atoms with E-state index in [2.05, 4.69) is 92.0 Å². The molecule has 0 atom stereocenters. The highest BCUT2D eigenvalue weighted by atomic mass is 32.1. The standard InChI is InChI=1S/C22H14S2/c23-21-6-5-15-9-18-10-16-7-13-3-1-2-4-14(13)8-17(16)11-19(18)12-20(15)22(21)24/h1-12,23-24H. The maximum absolute atomic E-state index is 4.63. The van der Waals surface area contributed by atoms with Crippen molar-refractivity contribution >= 4 is 68.3 Å². The van der Waals surface area contributed by atoms with Crippen LogP contribution in [0.3, 0.4) is 0 Å². The van der Waals surface area contributed by atoms with Crippen molar-refractivity contribution in [3.63, 3.8) is 0 Å². The van der Waals surface area contributed by atoms with Crippen molar-refractivity contribution in [3.05, 3.63) is 72.8 Å². The maximum Gasteiger partial charge on any atom is 0.0253 e. The molecule has 0 radical (unpaired) electrons. The molecule has 0 aliphatic carbocycles. The highest BCUT2D eigenvalue weighted by molar-refractivity contribution is 7.83. The minimum atomic E-state index is 0.914. The van der Waals surface area contributed by atoms with Crippen molar-refractivity contribution < 1.29 is 0 Å². The number of hydrogen-bond acceptors (Lipinski definition) is 2. The van der Waals surface area contributed by atoms with Gasteiger partial charge in [-0.15, -0.1) is 25.3 Å².